The Bertz CT molecular complexity index is 353. The van der Waals surface area contributed by atoms with Crippen LogP contribution in [0.3, 0.4) is 0 Å². The summed E-state index contributed by atoms with van der Waals surface area (Å²) in [6.07, 6.45) is 3.48. The normalized spacial score (nSPS) is 10.4. The summed E-state index contributed by atoms with van der Waals surface area (Å²) < 4.78 is 5.72. The minimum atomic E-state index is 0.713. The second-order valence-electron chi connectivity index (χ2n) is 4.14. The lowest BCUT2D eigenvalue weighted by Gasteiger charge is -2.12. The lowest BCUT2D eigenvalue weighted by molar-refractivity contribution is 0.292. The number of ether oxygens (including phenoxy) is 1. The molecular weight excluding hydrogens is 214 g/mol. The fourth-order valence-electron chi connectivity index (χ4n) is 1.60. The number of unbranched alkanes of at least 4 members (excludes halogenated alkanes) is 2. The quantitative estimate of drug-likeness (QED) is 0.740. The number of nitrogens with zero attached hydrogens (tertiary/aromatic N) is 2. The van der Waals surface area contributed by atoms with Crippen LogP contribution >= 0.6 is 0 Å². The molecule has 0 aliphatic heterocycles. The average Bonchev–Trinajstić information content (AvgIpc) is 2.30. The van der Waals surface area contributed by atoms with Crippen LogP contribution in [-0.4, -0.2) is 23.1 Å². The maximum Gasteiger partial charge on any atom is 0.221 e. The van der Waals surface area contributed by atoms with Crippen LogP contribution in [0.15, 0.2) is 0 Å². The van der Waals surface area contributed by atoms with Crippen LogP contribution in [-0.2, 0) is 0 Å². The summed E-state index contributed by atoms with van der Waals surface area (Å²) in [5, 5.41) is 3.23. The van der Waals surface area contributed by atoms with E-state index in [1.165, 1.54) is 12.8 Å². The van der Waals surface area contributed by atoms with Crippen LogP contribution in [0.5, 0.6) is 5.88 Å². The van der Waals surface area contributed by atoms with Crippen LogP contribution in [0.1, 0.15) is 44.5 Å². The first-order valence-corrected chi connectivity index (χ1v) is 6.40. The highest BCUT2D eigenvalue weighted by molar-refractivity contribution is 5.48. The Morgan fingerprint density at radius 2 is 1.88 bits per heavy atom. The second-order valence-corrected chi connectivity index (χ2v) is 4.14. The molecule has 1 rings (SSSR count). The van der Waals surface area contributed by atoms with Gasteiger partial charge in [0.25, 0.3) is 0 Å². The van der Waals surface area contributed by atoms with Gasteiger partial charge in [0, 0.05) is 6.54 Å². The third kappa shape index (κ3) is 4.21. The summed E-state index contributed by atoms with van der Waals surface area (Å²) in [4.78, 5) is 8.71. The second kappa shape index (κ2) is 7.09. The van der Waals surface area contributed by atoms with E-state index in [-0.39, 0.29) is 0 Å². The van der Waals surface area contributed by atoms with Gasteiger partial charge in [-0.15, -0.1) is 0 Å². The highest BCUT2D eigenvalue weighted by Crippen LogP contribution is 2.21. The average molecular weight is 237 g/mol. The van der Waals surface area contributed by atoms with E-state index in [4.69, 9.17) is 4.74 Å². The highest BCUT2D eigenvalue weighted by atomic mass is 16.5. The van der Waals surface area contributed by atoms with E-state index in [0.29, 0.717) is 5.88 Å². The molecule has 1 N–H and O–H groups in total. The number of aryl methyl sites for hydroxylation is 1. The standard InChI is InChI=1S/C13H23N3O/c1-5-7-8-9-17-13-10(3)12(14-6-2)15-11(4)16-13/h5-9H2,1-4H3,(H,14,15,16). The molecular formula is C13H23N3O. The van der Waals surface area contributed by atoms with Crippen LogP contribution < -0.4 is 10.1 Å². The van der Waals surface area contributed by atoms with Gasteiger partial charge >= 0.3 is 0 Å². The summed E-state index contributed by atoms with van der Waals surface area (Å²) in [7, 11) is 0. The van der Waals surface area contributed by atoms with Crippen LogP contribution in [0, 0.1) is 13.8 Å². The van der Waals surface area contributed by atoms with Gasteiger partial charge in [0.1, 0.15) is 11.6 Å². The van der Waals surface area contributed by atoms with E-state index in [1.54, 1.807) is 0 Å². The summed E-state index contributed by atoms with van der Waals surface area (Å²) in [5.74, 6) is 2.34. The topological polar surface area (TPSA) is 47.0 Å². The molecule has 1 heterocycles. The Morgan fingerprint density at radius 3 is 2.53 bits per heavy atom. The predicted molar refractivity (Wildman–Crippen MR) is 70.7 cm³/mol. The van der Waals surface area contributed by atoms with Crippen molar-refractivity contribution in [1.29, 1.82) is 0 Å². The SMILES string of the molecule is CCCCCOc1nc(C)nc(NCC)c1C. The Hall–Kier alpha value is -1.32. The van der Waals surface area contributed by atoms with Crippen molar-refractivity contribution < 1.29 is 4.74 Å². The zero-order valence-corrected chi connectivity index (χ0v) is 11.3. The third-order valence-electron chi connectivity index (χ3n) is 2.54. The summed E-state index contributed by atoms with van der Waals surface area (Å²) >= 11 is 0. The van der Waals surface area contributed by atoms with Gasteiger partial charge in [-0.1, -0.05) is 19.8 Å². The van der Waals surface area contributed by atoms with Gasteiger partial charge in [-0.05, 0) is 27.2 Å². The van der Waals surface area contributed by atoms with Crippen LogP contribution in [0.4, 0.5) is 5.82 Å². The summed E-state index contributed by atoms with van der Waals surface area (Å²) in [6, 6.07) is 0. The third-order valence-corrected chi connectivity index (χ3v) is 2.54. The number of rotatable bonds is 7. The van der Waals surface area contributed by atoms with Crippen molar-refractivity contribution in [3.8, 4) is 5.88 Å². The zero-order valence-electron chi connectivity index (χ0n) is 11.3. The first kappa shape index (κ1) is 13.7. The number of aromatic nitrogens is 2. The van der Waals surface area contributed by atoms with Crippen molar-refractivity contribution in [2.45, 2.75) is 47.0 Å². The number of hydrogen-bond donors (Lipinski definition) is 1. The lowest BCUT2D eigenvalue weighted by Crippen LogP contribution is -2.08. The molecule has 0 aliphatic carbocycles. The summed E-state index contributed by atoms with van der Waals surface area (Å²) in [6.45, 7) is 9.71. The van der Waals surface area contributed by atoms with Crippen LogP contribution in [0.2, 0.25) is 0 Å². The molecule has 1 aromatic heterocycles. The monoisotopic (exact) mass is 237 g/mol. The van der Waals surface area contributed by atoms with Gasteiger partial charge in [-0.3, -0.25) is 0 Å². The first-order chi connectivity index (χ1) is 8.19. The van der Waals surface area contributed by atoms with Crippen molar-refractivity contribution in [2.24, 2.45) is 0 Å². The fourth-order valence-corrected chi connectivity index (χ4v) is 1.60. The van der Waals surface area contributed by atoms with Gasteiger partial charge < -0.3 is 10.1 Å². The predicted octanol–water partition coefficient (Wildman–Crippen LogP) is 3.09. The molecule has 0 fully saturated rings. The Kier molecular flexibility index (Phi) is 5.73. The lowest BCUT2D eigenvalue weighted by atomic mass is 10.3. The molecule has 17 heavy (non-hydrogen) atoms. The fraction of sp³-hybridized carbons (Fsp3) is 0.692. The van der Waals surface area contributed by atoms with Crippen molar-refractivity contribution in [3.63, 3.8) is 0 Å². The highest BCUT2D eigenvalue weighted by Gasteiger charge is 2.09. The van der Waals surface area contributed by atoms with E-state index in [2.05, 4.69) is 29.1 Å². The van der Waals surface area contributed by atoms with Gasteiger partial charge in [0.15, 0.2) is 0 Å². The molecule has 0 bridgehead atoms. The molecule has 4 heteroatoms. The molecule has 0 unspecified atom stereocenters. The molecule has 0 aromatic carbocycles. The van der Waals surface area contributed by atoms with Crippen molar-refractivity contribution >= 4 is 5.82 Å². The van der Waals surface area contributed by atoms with Crippen LogP contribution in [0.25, 0.3) is 0 Å². The molecule has 1 aromatic rings. The molecule has 0 saturated heterocycles. The van der Waals surface area contributed by atoms with E-state index in [1.807, 2.05) is 13.8 Å². The number of nitrogens with one attached hydrogen (secondary N) is 1. The van der Waals surface area contributed by atoms with Crippen molar-refractivity contribution in [2.75, 3.05) is 18.5 Å². The number of anilines is 1. The van der Waals surface area contributed by atoms with Gasteiger partial charge in [0.05, 0.1) is 12.2 Å². The molecule has 0 amide bonds. The van der Waals surface area contributed by atoms with Gasteiger partial charge in [0.2, 0.25) is 5.88 Å². The minimum absolute atomic E-state index is 0.713. The molecule has 0 aliphatic rings. The molecule has 0 saturated carbocycles. The minimum Gasteiger partial charge on any atom is -0.477 e. The smallest absolute Gasteiger partial charge is 0.221 e. The molecule has 4 nitrogen and oxygen atoms in total. The van der Waals surface area contributed by atoms with E-state index < -0.39 is 0 Å². The van der Waals surface area contributed by atoms with Crippen molar-refractivity contribution in [3.05, 3.63) is 11.4 Å². The van der Waals surface area contributed by atoms with E-state index in [9.17, 15) is 0 Å². The molecule has 0 radical (unpaired) electrons. The number of hydrogen-bond acceptors (Lipinski definition) is 4. The first-order valence-electron chi connectivity index (χ1n) is 6.40. The molecule has 96 valence electrons. The molecule has 0 spiro atoms. The zero-order chi connectivity index (χ0) is 12.7. The molecule has 0 atom stereocenters. The Morgan fingerprint density at radius 1 is 1.12 bits per heavy atom. The van der Waals surface area contributed by atoms with Gasteiger partial charge in [-0.2, -0.15) is 4.98 Å². The van der Waals surface area contributed by atoms with Crippen molar-refractivity contribution in [1.82, 2.24) is 9.97 Å². The Balaban J connectivity index is 2.69. The van der Waals surface area contributed by atoms with E-state index >= 15 is 0 Å². The largest absolute Gasteiger partial charge is 0.477 e. The van der Waals surface area contributed by atoms with Gasteiger partial charge in [-0.25, -0.2) is 4.98 Å². The maximum atomic E-state index is 5.72. The van der Waals surface area contributed by atoms with E-state index in [0.717, 1.165) is 36.8 Å². The maximum absolute atomic E-state index is 5.72. The Labute approximate surface area is 104 Å². The summed E-state index contributed by atoms with van der Waals surface area (Å²) in [5.41, 5.74) is 0.994.